The van der Waals surface area contributed by atoms with Gasteiger partial charge in [0.25, 0.3) is 0 Å². The number of benzene rings is 5. The molecule has 0 unspecified atom stereocenters. The molecule has 0 radical (unpaired) electrons. The summed E-state index contributed by atoms with van der Waals surface area (Å²) in [5, 5.41) is 4.18. The second kappa shape index (κ2) is 10.5. The zero-order valence-corrected chi connectivity index (χ0v) is 25.7. The molecule has 5 heterocycles. The number of para-hydroxylation sites is 2. The molecule has 0 aliphatic rings. The number of furan rings is 1. The van der Waals surface area contributed by atoms with Gasteiger partial charge in [0.15, 0.2) is 5.58 Å². The van der Waals surface area contributed by atoms with Crippen LogP contribution >= 0.6 is 0 Å². The van der Waals surface area contributed by atoms with Crippen LogP contribution in [0.2, 0.25) is 0 Å². The van der Waals surface area contributed by atoms with Crippen molar-refractivity contribution in [3.63, 3.8) is 0 Å². The van der Waals surface area contributed by atoms with E-state index in [1.54, 1.807) is 0 Å². The van der Waals surface area contributed by atoms with Gasteiger partial charge in [-0.1, -0.05) is 109 Å². The van der Waals surface area contributed by atoms with Gasteiger partial charge in [-0.3, -0.25) is 4.98 Å². The minimum absolute atomic E-state index is 0.755. The SMILES string of the molecule is c1ccc(-c2cc(-c3cccc(-n4c5ccccc5c5cnc6c(ncc7c8ccccc8oc76)c54)c3)cc(-c3ccccc3)n2)cc1. The predicted octanol–water partition coefficient (Wildman–Crippen LogP) is 11.0. The zero-order chi connectivity index (χ0) is 31.6. The van der Waals surface area contributed by atoms with Crippen molar-refractivity contribution in [1.82, 2.24) is 19.5 Å². The molecule has 0 bridgehead atoms. The maximum Gasteiger partial charge on any atom is 0.164 e. The summed E-state index contributed by atoms with van der Waals surface area (Å²) < 4.78 is 8.71. The zero-order valence-electron chi connectivity index (χ0n) is 25.7. The van der Waals surface area contributed by atoms with Gasteiger partial charge in [0, 0.05) is 50.8 Å². The fourth-order valence-electron chi connectivity index (χ4n) is 7.02. The van der Waals surface area contributed by atoms with Crippen molar-refractivity contribution in [1.29, 1.82) is 0 Å². The van der Waals surface area contributed by atoms with Crippen LogP contribution in [-0.4, -0.2) is 19.5 Å². The third-order valence-corrected chi connectivity index (χ3v) is 9.26. The Morgan fingerprint density at radius 1 is 0.458 bits per heavy atom. The second-order valence-corrected chi connectivity index (χ2v) is 12.1. The Kier molecular flexibility index (Phi) is 5.81. The van der Waals surface area contributed by atoms with E-state index in [9.17, 15) is 0 Å². The third kappa shape index (κ3) is 4.08. The minimum atomic E-state index is 0.755. The van der Waals surface area contributed by atoms with Gasteiger partial charge in [0.05, 0.1) is 22.4 Å². The van der Waals surface area contributed by atoms with E-state index in [4.69, 9.17) is 19.4 Å². The molecule has 0 N–H and O–H groups in total. The quantitative estimate of drug-likeness (QED) is 0.198. The Morgan fingerprint density at radius 3 is 1.85 bits per heavy atom. The van der Waals surface area contributed by atoms with E-state index in [-0.39, 0.29) is 0 Å². The van der Waals surface area contributed by atoms with Crippen LogP contribution in [-0.2, 0) is 0 Å². The van der Waals surface area contributed by atoms with Crippen LogP contribution in [0.3, 0.4) is 0 Å². The van der Waals surface area contributed by atoms with Gasteiger partial charge in [0.2, 0.25) is 0 Å². The van der Waals surface area contributed by atoms with E-state index >= 15 is 0 Å². The summed E-state index contributed by atoms with van der Waals surface area (Å²) in [4.78, 5) is 15.1. The molecule has 224 valence electrons. The summed E-state index contributed by atoms with van der Waals surface area (Å²) in [7, 11) is 0. The van der Waals surface area contributed by atoms with Crippen LogP contribution in [0.1, 0.15) is 0 Å². The van der Waals surface area contributed by atoms with Gasteiger partial charge in [-0.15, -0.1) is 0 Å². The molecule has 0 aliphatic heterocycles. The lowest BCUT2D eigenvalue weighted by Gasteiger charge is -2.13. The fourth-order valence-corrected chi connectivity index (χ4v) is 7.02. The van der Waals surface area contributed by atoms with E-state index < -0.39 is 0 Å². The lowest BCUT2D eigenvalue weighted by atomic mass is 9.99. The average Bonchev–Trinajstić information content (AvgIpc) is 3.72. The largest absolute Gasteiger partial charge is 0.454 e. The Hall–Kier alpha value is -6.59. The minimum Gasteiger partial charge on any atom is -0.454 e. The first-order valence-corrected chi connectivity index (χ1v) is 16.0. The first-order valence-electron chi connectivity index (χ1n) is 16.0. The normalized spacial score (nSPS) is 11.8. The first kappa shape index (κ1) is 26.6. The van der Waals surface area contributed by atoms with Crippen LogP contribution < -0.4 is 0 Å². The van der Waals surface area contributed by atoms with Crippen molar-refractivity contribution in [3.8, 4) is 39.3 Å². The first-order chi connectivity index (χ1) is 23.8. The summed E-state index contributed by atoms with van der Waals surface area (Å²) in [5.41, 5.74) is 12.5. The van der Waals surface area contributed by atoms with Crippen LogP contribution in [0.5, 0.6) is 0 Å². The molecular formula is C43H26N4O. The van der Waals surface area contributed by atoms with Gasteiger partial charge >= 0.3 is 0 Å². The smallest absolute Gasteiger partial charge is 0.164 e. The third-order valence-electron chi connectivity index (χ3n) is 9.26. The highest BCUT2D eigenvalue weighted by Crippen LogP contribution is 2.39. The van der Waals surface area contributed by atoms with Crippen LogP contribution in [0.25, 0.3) is 94.1 Å². The van der Waals surface area contributed by atoms with Crippen LogP contribution in [0.4, 0.5) is 0 Å². The van der Waals surface area contributed by atoms with E-state index in [1.807, 2.05) is 42.7 Å². The van der Waals surface area contributed by atoms with Crippen molar-refractivity contribution >= 4 is 54.8 Å². The highest BCUT2D eigenvalue weighted by Gasteiger charge is 2.20. The predicted molar refractivity (Wildman–Crippen MR) is 195 cm³/mol. The highest BCUT2D eigenvalue weighted by molar-refractivity contribution is 6.21. The summed E-state index contributed by atoms with van der Waals surface area (Å²) in [5.74, 6) is 0. The number of hydrogen-bond donors (Lipinski definition) is 0. The molecule has 5 aromatic carbocycles. The fraction of sp³-hybridized carbons (Fsp3) is 0. The highest BCUT2D eigenvalue weighted by atomic mass is 16.3. The van der Waals surface area contributed by atoms with Crippen LogP contribution in [0, 0.1) is 0 Å². The number of pyridine rings is 3. The lowest BCUT2D eigenvalue weighted by molar-refractivity contribution is 0.671. The van der Waals surface area contributed by atoms with Gasteiger partial charge in [-0.05, 0) is 47.5 Å². The van der Waals surface area contributed by atoms with Crippen molar-refractivity contribution in [2.45, 2.75) is 0 Å². The molecule has 0 fully saturated rings. The van der Waals surface area contributed by atoms with E-state index in [2.05, 4.69) is 120 Å². The van der Waals surface area contributed by atoms with E-state index in [0.717, 1.165) is 94.1 Å². The molecule has 48 heavy (non-hydrogen) atoms. The Labute approximate surface area is 275 Å². The van der Waals surface area contributed by atoms with E-state index in [1.165, 1.54) is 0 Å². The Bertz CT molecular complexity index is 2780. The number of hydrogen-bond acceptors (Lipinski definition) is 4. The van der Waals surface area contributed by atoms with Crippen LogP contribution in [0.15, 0.2) is 162 Å². The number of rotatable bonds is 4. The maximum atomic E-state index is 6.39. The molecule has 10 aromatic rings. The molecule has 0 saturated carbocycles. The molecule has 5 heteroatoms. The monoisotopic (exact) mass is 614 g/mol. The summed E-state index contributed by atoms with van der Waals surface area (Å²) in [6.45, 7) is 0. The van der Waals surface area contributed by atoms with Crippen molar-refractivity contribution in [2.75, 3.05) is 0 Å². The van der Waals surface area contributed by atoms with Gasteiger partial charge in [0.1, 0.15) is 16.6 Å². The molecule has 0 spiro atoms. The maximum absolute atomic E-state index is 6.39. The Morgan fingerprint density at radius 2 is 1.08 bits per heavy atom. The van der Waals surface area contributed by atoms with Gasteiger partial charge in [-0.25, -0.2) is 9.97 Å². The summed E-state index contributed by atoms with van der Waals surface area (Å²) in [6.07, 6.45) is 3.89. The van der Waals surface area contributed by atoms with Gasteiger partial charge < -0.3 is 8.98 Å². The second-order valence-electron chi connectivity index (χ2n) is 12.1. The Balaban J connectivity index is 1.23. The van der Waals surface area contributed by atoms with E-state index in [0.29, 0.717) is 0 Å². The van der Waals surface area contributed by atoms with Crippen molar-refractivity contribution in [2.24, 2.45) is 0 Å². The molecule has 5 nitrogen and oxygen atoms in total. The lowest BCUT2D eigenvalue weighted by Crippen LogP contribution is -1.97. The summed E-state index contributed by atoms with van der Waals surface area (Å²) >= 11 is 0. The molecule has 0 saturated heterocycles. The number of aromatic nitrogens is 4. The molecule has 0 amide bonds. The standard InChI is InChI=1S/C43H26N4O/c1-3-12-27(13-4-1)36-23-30(24-37(46-36)28-14-5-2-6-15-28)29-16-11-17-31(22-29)47-38-20-9-7-18-32(38)34-25-45-41-40(42(34)47)44-26-35-33-19-8-10-21-39(33)48-43(35)41/h1-26H. The van der Waals surface area contributed by atoms with Crippen molar-refractivity contribution in [3.05, 3.63) is 158 Å². The average molecular weight is 615 g/mol. The molecule has 0 atom stereocenters. The molecule has 5 aromatic heterocycles. The number of fused-ring (bicyclic) bond motifs is 9. The number of nitrogens with zero attached hydrogens (tertiary/aromatic N) is 4. The molecule has 10 rings (SSSR count). The van der Waals surface area contributed by atoms with Crippen molar-refractivity contribution < 1.29 is 4.42 Å². The van der Waals surface area contributed by atoms with Gasteiger partial charge in [-0.2, -0.15) is 0 Å². The summed E-state index contributed by atoms with van der Waals surface area (Å²) in [6, 6.07) is 50.4. The molecule has 0 aliphatic carbocycles. The molecular weight excluding hydrogens is 589 g/mol. The topological polar surface area (TPSA) is 56.7 Å².